The van der Waals surface area contributed by atoms with Crippen LogP contribution >= 0.6 is 0 Å². The van der Waals surface area contributed by atoms with Crippen molar-refractivity contribution in [3.8, 4) is 0 Å². The number of nitrogens with one attached hydrogen (secondary N) is 2. The molecule has 1 unspecified atom stereocenters. The van der Waals surface area contributed by atoms with Crippen molar-refractivity contribution in [3.05, 3.63) is 5.82 Å². The number of aromatic nitrogens is 4. The van der Waals surface area contributed by atoms with E-state index < -0.39 is 0 Å². The van der Waals surface area contributed by atoms with Gasteiger partial charge in [0, 0.05) is 12.0 Å². The second-order valence-electron chi connectivity index (χ2n) is 5.39. The van der Waals surface area contributed by atoms with E-state index in [-0.39, 0.29) is 5.41 Å². The number of hydrogen-bond acceptors (Lipinski definition) is 5. The lowest BCUT2D eigenvalue weighted by Crippen LogP contribution is -2.46. The number of hydrogen-bond donors (Lipinski definition) is 2. The lowest BCUT2D eigenvalue weighted by atomic mass is 9.68. The first kappa shape index (κ1) is 11.1. The normalized spacial score (nSPS) is 29.6. The van der Waals surface area contributed by atoms with E-state index >= 15 is 0 Å². The number of piperidine rings is 1. The lowest BCUT2D eigenvalue weighted by molar-refractivity contribution is 0.190. The van der Waals surface area contributed by atoms with Crippen LogP contribution in [0.5, 0.6) is 0 Å². The van der Waals surface area contributed by atoms with Gasteiger partial charge in [0.1, 0.15) is 0 Å². The Kier molecular flexibility index (Phi) is 2.84. The first-order chi connectivity index (χ1) is 8.31. The van der Waals surface area contributed by atoms with Crippen LogP contribution in [-0.2, 0) is 5.41 Å². The van der Waals surface area contributed by atoms with Crippen LogP contribution in [-0.4, -0.2) is 58.8 Å². The zero-order valence-electron chi connectivity index (χ0n) is 10.3. The maximum absolute atomic E-state index is 4.29. The highest BCUT2D eigenvalue weighted by Gasteiger charge is 2.46. The van der Waals surface area contributed by atoms with Crippen LogP contribution in [0.1, 0.15) is 25.1 Å². The zero-order valence-corrected chi connectivity index (χ0v) is 10.3. The molecule has 2 saturated heterocycles. The van der Waals surface area contributed by atoms with Crippen molar-refractivity contribution < 1.29 is 0 Å². The van der Waals surface area contributed by atoms with Crippen molar-refractivity contribution in [1.29, 1.82) is 0 Å². The van der Waals surface area contributed by atoms with Gasteiger partial charge >= 0.3 is 0 Å². The third-order valence-corrected chi connectivity index (χ3v) is 4.46. The van der Waals surface area contributed by atoms with Crippen molar-refractivity contribution in [2.45, 2.75) is 24.7 Å². The molecule has 3 rings (SSSR count). The van der Waals surface area contributed by atoms with E-state index in [4.69, 9.17) is 0 Å². The number of aromatic amines is 1. The summed E-state index contributed by atoms with van der Waals surface area (Å²) < 4.78 is 0. The Labute approximate surface area is 101 Å². The second kappa shape index (κ2) is 4.34. The summed E-state index contributed by atoms with van der Waals surface area (Å²) in [7, 11) is 2.20. The minimum atomic E-state index is 0.142. The van der Waals surface area contributed by atoms with Gasteiger partial charge in [-0.15, -0.1) is 10.2 Å². The number of nitrogens with zero attached hydrogens (tertiary/aromatic N) is 4. The molecule has 0 spiro atoms. The molecule has 2 fully saturated rings. The molecule has 0 saturated carbocycles. The molecule has 6 nitrogen and oxygen atoms in total. The van der Waals surface area contributed by atoms with Gasteiger partial charge < -0.3 is 10.2 Å². The van der Waals surface area contributed by atoms with E-state index in [1.807, 2.05) is 0 Å². The molecule has 2 N–H and O–H groups in total. The smallest absolute Gasteiger partial charge is 0.181 e. The second-order valence-corrected chi connectivity index (χ2v) is 5.39. The lowest BCUT2D eigenvalue weighted by Gasteiger charge is -2.39. The topological polar surface area (TPSA) is 69.7 Å². The Morgan fingerprint density at radius 1 is 1.35 bits per heavy atom. The fourth-order valence-electron chi connectivity index (χ4n) is 3.45. The molecule has 1 atom stereocenters. The summed E-state index contributed by atoms with van der Waals surface area (Å²) >= 11 is 0. The van der Waals surface area contributed by atoms with Crippen LogP contribution in [0.2, 0.25) is 0 Å². The van der Waals surface area contributed by atoms with Crippen LogP contribution in [0.25, 0.3) is 0 Å². The van der Waals surface area contributed by atoms with Gasteiger partial charge in [-0.3, -0.25) is 0 Å². The number of rotatable bonds is 2. The van der Waals surface area contributed by atoms with Crippen LogP contribution in [0.15, 0.2) is 0 Å². The first-order valence-electron chi connectivity index (χ1n) is 6.44. The monoisotopic (exact) mass is 236 g/mol. The molecule has 0 aromatic carbocycles. The SMILES string of the molecule is CN1CCC(C2(c3nn[nH]n3)CCNCC2)C1. The first-order valence-corrected chi connectivity index (χ1v) is 6.44. The standard InChI is InChI=1S/C11H20N6/c1-17-7-2-9(8-17)11(3-5-12-6-4-11)10-13-15-16-14-10/h9,12H,2-8H2,1H3,(H,13,14,15,16). The van der Waals surface area contributed by atoms with Gasteiger partial charge in [-0.1, -0.05) is 5.21 Å². The van der Waals surface area contributed by atoms with Crippen molar-refractivity contribution >= 4 is 0 Å². The molecule has 1 aromatic heterocycles. The molecule has 3 heterocycles. The molecule has 6 heteroatoms. The molecule has 1 aromatic rings. The molecule has 17 heavy (non-hydrogen) atoms. The van der Waals surface area contributed by atoms with Crippen molar-refractivity contribution in [2.24, 2.45) is 5.92 Å². The predicted molar refractivity (Wildman–Crippen MR) is 63.6 cm³/mol. The van der Waals surface area contributed by atoms with Crippen LogP contribution in [0.4, 0.5) is 0 Å². The molecule has 0 aliphatic carbocycles. The Balaban J connectivity index is 1.90. The minimum Gasteiger partial charge on any atom is -0.317 e. The summed E-state index contributed by atoms with van der Waals surface area (Å²) in [6.45, 7) is 4.48. The summed E-state index contributed by atoms with van der Waals surface area (Å²) in [6.07, 6.45) is 3.51. The van der Waals surface area contributed by atoms with Crippen molar-refractivity contribution in [3.63, 3.8) is 0 Å². The van der Waals surface area contributed by atoms with Gasteiger partial charge in [0.05, 0.1) is 0 Å². The molecule has 0 amide bonds. The molecule has 94 valence electrons. The van der Waals surface area contributed by atoms with E-state index in [1.165, 1.54) is 13.0 Å². The zero-order chi connectivity index (χ0) is 11.7. The highest BCUT2D eigenvalue weighted by atomic mass is 15.5. The summed E-state index contributed by atoms with van der Waals surface area (Å²) in [5.74, 6) is 1.60. The van der Waals surface area contributed by atoms with E-state index in [0.29, 0.717) is 5.92 Å². The Morgan fingerprint density at radius 2 is 2.18 bits per heavy atom. The highest BCUT2D eigenvalue weighted by molar-refractivity contribution is 5.12. The van der Waals surface area contributed by atoms with E-state index in [1.54, 1.807) is 0 Å². The van der Waals surface area contributed by atoms with Crippen molar-refractivity contribution in [2.75, 3.05) is 33.2 Å². The van der Waals surface area contributed by atoms with Crippen molar-refractivity contribution in [1.82, 2.24) is 30.8 Å². The number of likely N-dealkylation sites (tertiary alicyclic amines) is 1. The Morgan fingerprint density at radius 3 is 2.76 bits per heavy atom. The predicted octanol–water partition coefficient (Wildman–Crippen LogP) is -0.227. The summed E-state index contributed by atoms with van der Waals surface area (Å²) in [5.41, 5.74) is 0.142. The Bertz CT molecular complexity index is 356. The molecule has 0 radical (unpaired) electrons. The summed E-state index contributed by atoms with van der Waals surface area (Å²) in [5, 5.41) is 18.4. The van der Waals surface area contributed by atoms with Gasteiger partial charge in [-0.25, -0.2) is 0 Å². The third kappa shape index (κ3) is 1.85. The van der Waals surface area contributed by atoms with E-state index in [9.17, 15) is 0 Å². The number of tetrazole rings is 1. The van der Waals surface area contributed by atoms with Crippen LogP contribution in [0, 0.1) is 5.92 Å². The molecular formula is C11H20N6. The Hall–Kier alpha value is -1.01. The largest absolute Gasteiger partial charge is 0.317 e. The summed E-state index contributed by atoms with van der Waals surface area (Å²) in [4.78, 5) is 2.41. The average Bonchev–Trinajstić information content (AvgIpc) is 3.01. The summed E-state index contributed by atoms with van der Waals surface area (Å²) in [6, 6.07) is 0. The fraction of sp³-hybridized carbons (Fsp3) is 0.909. The van der Waals surface area contributed by atoms with Gasteiger partial charge in [-0.2, -0.15) is 5.21 Å². The maximum atomic E-state index is 4.29. The molecule has 0 bridgehead atoms. The van der Waals surface area contributed by atoms with Gasteiger partial charge in [0.15, 0.2) is 5.82 Å². The molecule has 2 aliphatic rings. The minimum absolute atomic E-state index is 0.142. The van der Waals surface area contributed by atoms with E-state index in [0.717, 1.165) is 38.3 Å². The van der Waals surface area contributed by atoms with Crippen LogP contribution in [0.3, 0.4) is 0 Å². The van der Waals surface area contributed by atoms with Gasteiger partial charge in [-0.05, 0) is 51.9 Å². The van der Waals surface area contributed by atoms with E-state index in [2.05, 4.69) is 37.9 Å². The quantitative estimate of drug-likeness (QED) is 0.742. The van der Waals surface area contributed by atoms with Gasteiger partial charge in [0.2, 0.25) is 0 Å². The fourth-order valence-corrected chi connectivity index (χ4v) is 3.45. The molecular weight excluding hydrogens is 216 g/mol. The highest BCUT2D eigenvalue weighted by Crippen LogP contribution is 2.42. The average molecular weight is 236 g/mol. The van der Waals surface area contributed by atoms with Gasteiger partial charge in [0.25, 0.3) is 0 Å². The maximum Gasteiger partial charge on any atom is 0.181 e. The third-order valence-electron chi connectivity index (χ3n) is 4.46. The van der Waals surface area contributed by atoms with Crippen LogP contribution < -0.4 is 5.32 Å². The number of H-pyrrole nitrogens is 1. The molecule has 2 aliphatic heterocycles.